The number of benzene rings is 1. The van der Waals surface area contributed by atoms with Crippen molar-refractivity contribution in [2.24, 2.45) is 5.92 Å². The van der Waals surface area contributed by atoms with E-state index in [1.807, 2.05) is 17.9 Å². The zero-order chi connectivity index (χ0) is 19.2. The minimum atomic E-state index is -0.567. The predicted octanol–water partition coefficient (Wildman–Crippen LogP) is 3.20. The number of ether oxygens (including phenoxy) is 2. The molecule has 0 spiro atoms. The van der Waals surface area contributed by atoms with Crippen molar-refractivity contribution in [3.05, 3.63) is 47.5 Å². The van der Waals surface area contributed by atoms with Crippen LogP contribution in [0.1, 0.15) is 44.1 Å². The highest BCUT2D eigenvalue weighted by atomic mass is 19.1. The summed E-state index contributed by atoms with van der Waals surface area (Å²) in [7, 11) is 0. The van der Waals surface area contributed by atoms with E-state index in [0.717, 1.165) is 31.5 Å². The number of hydrogen-bond donors (Lipinski definition) is 1. The minimum absolute atomic E-state index is 0.0577. The molecule has 2 heterocycles. The van der Waals surface area contributed by atoms with E-state index in [1.54, 1.807) is 12.1 Å². The average molecular weight is 377 g/mol. The van der Waals surface area contributed by atoms with Gasteiger partial charge in [-0.1, -0.05) is 12.1 Å². The van der Waals surface area contributed by atoms with E-state index >= 15 is 0 Å². The molecule has 1 N–H and O–H groups in total. The molecule has 1 aromatic rings. The highest BCUT2D eigenvalue weighted by molar-refractivity contribution is 5.92. The lowest BCUT2D eigenvalue weighted by molar-refractivity contribution is -0.170. The molecule has 1 saturated heterocycles. The van der Waals surface area contributed by atoms with Crippen LogP contribution in [0.25, 0.3) is 0 Å². The number of carbonyl (C=O) groups is 1. The van der Waals surface area contributed by atoms with Crippen molar-refractivity contribution in [2.75, 3.05) is 26.3 Å². The second kappa shape index (κ2) is 9.33. The Morgan fingerprint density at radius 3 is 2.63 bits per heavy atom. The molecule has 2 aliphatic heterocycles. The molecule has 0 unspecified atom stereocenters. The number of aliphatic hydroxyl groups is 1. The molecule has 3 rings (SSSR count). The van der Waals surface area contributed by atoms with Crippen LogP contribution < -0.4 is 0 Å². The summed E-state index contributed by atoms with van der Waals surface area (Å²) in [5.41, 5.74) is 0.916. The van der Waals surface area contributed by atoms with E-state index in [1.165, 1.54) is 12.1 Å². The van der Waals surface area contributed by atoms with Crippen LogP contribution in [0.2, 0.25) is 0 Å². The predicted molar refractivity (Wildman–Crippen MR) is 99.3 cm³/mol. The van der Waals surface area contributed by atoms with E-state index in [-0.39, 0.29) is 30.2 Å². The molecule has 2 aliphatic rings. The second-order valence-electron chi connectivity index (χ2n) is 7.08. The van der Waals surface area contributed by atoms with E-state index in [4.69, 9.17) is 9.47 Å². The maximum Gasteiger partial charge on any atom is 0.288 e. The number of likely N-dealkylation sites (tertiary alicyclic amines) is 1. The molecule has 5 nitrogen and oxygen atoms in total. The number of aliphatic hydroxyl groups excluding tert-OH is 1. The molecule has 1 fully saturated rings. The lowest BCUT2D eigenvalue weighted by Gasteiger charge is -2.37. The Hall–Kier alpha value is -1.92. The van der Waals surface area contributed by atoms with Crippen LogP contribution in [0.15, 0.2) is 36.1 Å². The maximum atomic E-state index is 13.4. The van der Waals surface area contributed by atoms with Crippen molar-refractivity contribution >= 4 is 5.91 Å². The summed E-state index contributed by atoms with van der Waals surface area (Å²) in [5.74, 6) is -0.284. The summed E-state index contributed by atoms with van der Waals surface area (Å²) in [6.45, 7) is 3.91. The Bertz CT molecular complexity index is 655. The number of amides is 1. The number of carbonyl (C=O) groups excluding carboxylic acids is 1. The van der Waals surface area contributed by atoms with E-state index < -0.39 is 6.29 Å². The van der Waals surface area contributed by atoms with Crippen LogP contribution in [-0.2, 0) is 14.3 Å². The quantitative estimate of drug-likeness (QED) is 0.793. The van der Waals surface area contributed by atoms with Gasteiger partial charge in [0, 0.05) is 38.1 Å². The monoisotopic (exact) mass is 377 g/mol. The van der Waals surface area contributed by atoms with Gasteiger partial charge in [-0.25, -0.2) is 4.39 Å². The summed E-state index contributed by atoms with van der Waals surface area (Å²) >= 11 is 0. The highest BCUT2D eigenvalue weighted by Crippen LogP contribution is 2.39. The topological polar surface area (TPSA) is 59.0 Å². The Balaban J connectivity index is 1.93. The lowest BCUT2D eigenvalue weighted by atomic mass is 9.80. The fourth-order valence-corrected chi connectivity index (χ4v) is 3.90. The van der Waals surface area contributed by atoms with Crippen molar-refractivity contribution < 1.29 is 23.8 Å². The minimum Gasteiger partial charge on any atom is -0.459 e. The summed E-state index contributed by atoms with van der Waals surface area (Å²) in [5, 5.41) is 9.28. The molecular formula is C21H28FNO4. The van der Waals surface area contributed by atoms with E-state index in [0.29, 0.717) is 25.2 Å². The number of nitrogens with zero attached hydrogens (tertiary/aromatic N) is 1. The highest BCUT2D eigenvalue weighted by Gasteiger charge is 2.39. The molecule has 0 bridgehead atoms. The van der Waals surface area contributed by atoms with Gasteiger partial charge in [0.2, 0.25) is 6.29 Å². The van der Waals surface area contributed by atoms with Gasteiger partial charge in [0.25, 0.3) is 5.91 Å². The van der Waals surface area contributed by atoms with Gasteiger partial charge in [0.15, 0.2) is 5.76 Å². The molecule has 1 aromatic carbocycles. The smallest absolute Gasteiger partial charge is 0.288 e. The first-order chi connectivity index (χ1) is 13.1. The molecule has 3 atom stereocenters. The first kappa shape index (κ1) is 19.8. The summed E-state index contributed by atoms with van der Waals surface area (Å²) < 4.78 is 25.2. The van der Waals surface area contributed by atoms with Gasteiger partial charge in [-0.3, -0.25) is 4.79 Å². The Morgan fingerprint density at radius 2 is 2.00 bits per heavy atom. The Kier molecular flexibility index (Phi) is 6.85. The van der Waals surface area contributed by atoms with Crippen LogP contribution in [0.5, 0.6) is 0 Å². The second-order valence-corrected chi connectivity index (χ2v) is 7.08. The summed E-state index contributed by atoms with van der Waals surface area (Å²) in [6.07, 6.45) is 4.60. The first-order valence-corrected chi connectivity index (χ1v) is 9.79. The molecule has 27 heavy (non-hydrogen) atoms. The maximum absolute atomic E-state index is 13.4. The van der Waals surface area contributed by atoms with Gasteiger partial charge >= 0.3 is 0 Å². The normalized spacial score (nSPS) is 25.2. The number of hydrogen-bond acceptors (Lipinski definition) is 4. The number of rotatable bonds is 7. The van der Waals surface area contributed by atoms with Crippen molar-refractivity contribution in [1.82, 2.24) is 4.90 Å². The van der Waals surface area contributed by atoms with Crippen LogP contribution in [-0.4, -0.2) is 48.5 Å². The number of allylic oxidation sites excluding steroid dienone is 1. The van der Waals surface area contributed by atoms with Gasteiger partial charge in [-0.05, 0) is 56.4 Å². The molecule has 0 radical (unpaired) electrons. The van der Waals surface area contributed by atoms with Gasteiger partial charge < -0.3 is 19.5 Å². The van der Waals surface area contributed by atoms with Crippen molar-refractivity contribution in [2.45, 2.75) is 44.8 Å². The fraction of sp³-hybridized carbons (Fsp3) is 0.571. The third kappa shape index (κ3) is 4.68. The molecular weight excluding hydrogens is 349 g/mol. The average Bonchev–Trinajstić information content (AvgIpc) is 3.21. The molecule has 0 aliphatic carbocycles. The van der Waals surface area contributed by atoms with E-state index in [9.17, 15) is 14.3 Å². The first-order valence-electron chi connectivity index (χ1n) is 9.79. The van der Waals surface area contributed by atoms with Crippen molar-refractivity contribution in [3.63, 3.8) is 0 Å². The molecule has 0 saturated carbocycles. The molecule has 6 heteroatoms. The SMILES string of the molecule is CCO[C@H]1OC(C(=O)N2CCCC2)=C[C@@H](c2ccc(F)cc2)[C@@H]1CCCO. The van der Waals surface area contributed by atoms with Crippen LogP contribution in [0.3, 0.4) is 0 Å². The van der Waals surface area contributed by atoms with Gasteiger partial charge in [0.05, 0.1) is 0 Å². The van der Waals surface area contributed by atoms with Gasteiger partial charge in [0.1, 0.15) is 5.82 Å². The van der Waals surface area contributed by atoms with Crippen LogP contribution in [0, 0.1) is 11.7 Å². The third-order valence-corrected chi connectivity index (χ3v) is 5.27. The summed E-state index contributed by atoms with van der Waals surface area (Å²) in [6, 6.07) is 6.35. The fourth-order valence-electron chi connectivity index (χ4n) is 3.90. The number of halogens is 1. The van der Waals surface area contributed by atoms with Crippen molar-refractivity contribution in [3.8, 4) is 0 Å². The van der Waals surface area contributed by atoms with Crippen LogP contribution >= 0.6 is 0 Å². The van der Waals surface area contributed by atoms with Crippen molar-refractivity contribution in [1.29, 1.82) is 0 Å². The lowest BCUT2D eigenvalue weighted by Crippen LogP contribution is -2.39. The molecule has 148 valence electrons. The van der Waals surface area contributed by atoms with Gasteiger partial charge in [-0.2, -0.15) is 0 Å². The molecule has 0 aromatic heterocycles. The van der Waals surface area contributed by atoms with Crippen LogP contribution in [0.4, 0.5) is 4.39 Å². The zero-order valence-electron chi connectivity index (χ0n) is 15.8. The third-order valence-electron chi connectivity index (χ3n) is 5.27. The standard InChI is InChI=1S/C21H28FNO4/c1-2-26-21-17(6-5-13-24)18(15-7-9-16(22)10-8-15)14-19(27-21)20(25)23-11-3-4-12-23/h7-10,14,17-18,21,24H,2-6,11-13H2,1H3/t17-,18-,21-/m0/s1. The largest absolute Gasteiger partial charge is 0.459 e. The zero-order valence-corrected chi connectivity index (χ0v) is 15.8. The van der Waals surface area contributed by atoms with Gasteiger partial charge in [-0.15, -0.1) is 0 Å². The molecule has 1 amide bonds. The Morgan fingerprint density at radius 1 is 1.30 bits per heavy atom. The summed E-state index contributed by atoms with van der Waals surface area (Å²) in [4.78, 5) is 14.7. The Labute approximate surface area is 159 Å². The van der Waals surface area contributed by atoms with E-state index in [2.05, 4.69) is 0 Å².